The summed E-state index contributed by atoms with van der Waals surface area (Å²) in [6.07, 6.45) is 1.46. The summed E-state index contributed by atoms with van der Waals surface area (Å²) in [5.74, 6) is -0.894. The van der Waals surface area contributed by atoms with E-state index in [1.165, 1.54) is 6.20 Å². The minimum absolute atomic E-state index is 0.0655. The Morgan fingerprint density at radius 3 is 2.83 bits per heavy atom. The van der Waals surface area contributed by atoms with Crippen molar-refractivity contribution in [3.05, 3.63) is 45.7 Å². The van der Waals surface area contributed by atoms with Crippen LogP contribution in [0.25, 0.3) is 5.69 Å². The highest BCUT2D eigenvalue weighted by Crippen LogP contribution is 2.25. The molecule has 0 aliphatic rings. The summed E-state index contributed by atoms with van der Waals surface area (Å²) >= 11 is 12.0. The Morgan fingerprint density at radius 1 is 1.44 bits per heavy atom. The van der Waals surface area contributed by atoms with Gasteiger partial charge in [0, 0.05) is 16.3 Å². The fraction of sp³-hybridized carbons (Fsp3) is 0.167. The molecule has 1 aromatic carbocycles. The highest BCUT2D eigenvalue weighted by Gasteiger charge is 2.13. The third-order valence-electron chi connectivity index (χ3n) is 2.59. The van der Waals surface area contributed by atoms with Crippen molar-refractivity contribution in [2.24, 2.45) is 0 Å². The van der Waals surface area contributed by atoms with Gasteiger partial charge in [-0.2, -0.15) is 5.10 Å². The maximum absolute atomic E-state index is 10.7. The van der Waals surface area contributed by atoms with Crippen molar-refractivity contribution in [3.8, 4) is 5.69 Å². The van der Waals surface area contributed by atoms with Crippen molar-refractivity contribution in [3.63, 3.8) is 0 Å². The van der Waals surface area contributed by atoms with Gasteiger partial charge in [0.05, 0.1) is 23.3 Å². The van der Waals surface area contributed by atoms with Crippen molar-refractivity contribution in [2.75, 3.05) is 0 Å². The molecule has 0 atom stereocenters. The summed E-state index contributed by atoms with van der Waals surface area (Å²) in [7, 11) is 0. The second kappa shape index (κ2) is 5.00. The SMILES string of the molecule is Cc1c(CC(=O)O)cnn1-c1cc(Cl)ccc1Cl. The number of rotatable bonds is 3. The summed E-state index contributed by atoms with van der Waals surface area (Å²) in [5, 5.41) is 14.0. The van der Waals surface area contributed by atoms with E-state index in [9.17, 15) is 4.79 Å². The van der Waals surface area contributed by atoms with Crippen LogP contribution >= 0.6 is 23.2 Å². The van der Waals surface area contributed by atoms with Gasteiger partial charge in [-0.05, 0) is 25.1 Å². The third kappa shape index (κ3) is 2.49. The van der Waals surface area contributed by atoms with Crippen molar-refractivity contribution < 1.29 is 9.90 Å². The van der Waals surface area contributed by atoms with E-state index in [-0.39, 0.29) is 6.42 Å². The summed E-state index contributed by atoms with van der Waals surface area (Å²) in [6.45, 7) is 1.79. The zero-order valence-electron chi connectivity index (χ0n) is 9.52. The highest BCUT2D eigenvalue weighted by molar-refractivity contribution is 6.34. The third-order valence-corrected chi connectivity index (χ3v) is 3.14. The van der Waals surface area contributed by atoms with E-state index in [1.54, 1.807) is 29.8 Å². The second-order valence-electron chi connectivity index (χ2n) is 3.83. The van der Waals surface area contributed by atoms with Crippen LogP contribution in [-0.4, -0.2) is 20.9 Å². The quantitative estimate of drug-likeness (QED) is 0.942. The van der Waals surface area contributed by atoms with E-state index in [2.05, 4.69) is 5.10 Å². The first-order valence-electron chi connectivity index (χ1n) is 5.19. The molecular formula is C12H10Cl2N2O2. The van der Waals surface area contributed by atoms with Crippen LogP contribution in [0.2, 0.25) is 10.0 Å². The first kappa shape index (κ1) is 12.9. The molecule has 94 valence electrons. The normalized spacial score (nSPS) is 10.6. The molecule has 0 spiro atoms. The van der Waals surface area contributed by atoms with E-state index >= 15 is 0 Å². The molecule has 0 unspecified atom stereocenters. The molecule has 4 nitrogen and oxygen atoms in total. The van der Waals surface area contributed by atoms with Gasteiger partial charge in [-0.15, -0.1) is 0 Å². The topological polar surface area (TPSA) is 55.1 Å². The molecule has 6 heteroatoms. The van der Waals surface area contributed by atoms with Gasteiger partial charge >= 0.3 is 5.97 Å². The van der Waals surface area contributed by atoms with E-state index in [4.69, 9.17) is 28.3 Å². The van der Waals surface area contributed by atoms with Crippen LogP contribution < -0.4 is 0 Å². The Labute approximate surface area is 114 Å². The standard InChI is InChI=1S/C12H10Cl2N2O2/c1-7-8(4-12(17)18)6-15-16(7)11-5-9(13)2-3-10(11)14/h2-3,5-6H,4H2,1H3,(H,17,18). The lowest BCUT2D eigenvalue weighted by Crippen LogP contribution is -2.03. The predicted octanol–water partition coefficient (Wildman–Crippen LogP) is 3.11. The van der Waals surface area contributed by atoms with E-state index < -0.39 is 5.97 Å². The Hall–Kier alpha value is -1.52. The second-order valence-corrected chi connectivity index (χ2v) is 4.68. The number of carboxylic acids is 1. The van der Waals surface area contributed by atoms with Gasteiger partial charge in [-0.3, -0.25) is 4.79 Å². The molecule has 1 aromatic heterocycles. The Kier molecular flexibility index (Phi) is 3.59. The maximum Gasteiger partial charge on any atom is 0.307 e. The lowest BCUT2D eigenvalue weighted by molar-refractivity contribution is -0.136. The molecule has 0 amide bonds. The monoisotopic (exact) mass is 284 g/mol. The van der Waals surface area contributed by atoms with Crippen LogP contribution in [0.4, 0.5) is 0 Å². The molecular weight excluding hydrogens is 275 g/mol. The lowest BCUT2D eigenvalue weighted by atomic mass is 10.2. The van der Waals surface area contributed by atoms with Crippen molar-refractivity contribution in [2.45, 2.75) is 13.3 Å². The number of hydrogen-bond donors (Lipinski definition) is 1. The molecule has 0 fully saturated rings. The number of aromatic nitrogens is 2. The molecule has 0 radical (unpaired) electrons. The number of carboxylic acid groups (broad SMARTS) is 1. The number of carbonyl (C=O) groups is 1. The minimum atomic E-state index is -0.894. The van der Waals surface area contributed by atoms with Crippen LogP contribution in [0.5, 0.6) is 0 Å². The van der Waals surface area contributed by atoms with Gasteiger partial charge in [0.2, 0.25) is 0 Å². The molecule has 1 heterocycles. The number of nitrogens with zero attached hydrogens (tertiary/aromatic N) is 2. The van der Waals surface area contributed by atoms with Crippen LogP contribution in [0.1, 0.15) is 11.3 Å². The highest BCUT2D eigenvalue weighted by atomic mass is 35.5. The fourth-order valence-corrected chi connectivity index (χ4v) is 2.03. The maximum atomic E-state index is 10.7. The van der Waals surface area contributed by atoms with Crippen molar-refractivity contribution in [1.82, 2.24) is 9.78 Å². The van der Waals surface area contributed by atoms with E-state index in [0.717, 1.165) is 5.69 Å². The Balaban J connectivity index is 2.48. The largest absolute Gasteiger partial charge is 0.481 e. The minimum Gasteiger partial charge on any atom is -0.481 e. The van der Waals surface area contributed by atoms with Crippen LogP contribution in [-0.2, 0) is 11.2 Å². The number of benzene rings is 1. The molecule has 0 aliphatic carbocycles. The van der Waals surface area contributed by atoms with Crippen LogP contribution in [0.3, 0.4) is 0 Å². The predicted molar refractivity (Wildman–Crippen MR) is 69.7 cm³/mol. The first-order valence-corrected chi connectivity index (χ1v) is 5.95. The average Bonchev–Trinajstić information content (AvgIpc) is 2.64. The average molecular weight is 285 g/mol. The Bertz CT molecular complexity index is 608. The summed E-state index contributed by atoms with van der Waals surface area (Å²) < 4.78 is 1.59. The molecule has 0 saturated carbocycles. The summed E-state index contributed by atoms with van der Waals surface area (Å²) in [6, 6.07) is 5.05. The van der Waals surface area contributed by atoms with Crippen molar-refractivity contribution >= 4 is 29.2 Å². The lowest BCUT2D eigenvalue weighted by Gasteiger charge is -2.07. The van der Waals surface area contributed by atoms with Crippen LogP contribution in [0, 0.1) is 6.92 Å². The molecule has 0 bridgehead atoms. The van der Waals surface area contributed by atoms with Gasteiger partial charge in [-0.25, -0.2) is 4.68 Å². The van der Waals surface area contributed by atoms with Gasteiger partial charge in [0.15, 0.2) is 0 Å². The van der Waals surface area contributed by atoms with Crippen LogP contribution in [0.15, 0.2) is 24.4 Å². The molecule has 0 saturated heterocycles. The fourth-order valence-electron chi connectivity index (χ4n) is 1.67. The van der Waals surface area contributed by atoms with Crippen molar-refractivity contribution in [1.29, 1.82) is 0 Å². The summed E-state index contributed by atoms with van der Waals surface area (Å²) in [4.78, 5) is 10.7. The zero-order valence-corrected chi connectivity index (χ0v) is 11.0. The van der Waals surface area contributed by atoms with Gasteiger partial charge in [-0.1, -0.05) is 23.2 Å². The van der Waals surface area contributed by atoms with Gasteiger partial charge < -0.3 is 5.11 Å². The van der Waals surface area contributed by atoms with E-state index in [1.807, 2.05) is 0 Å². The molecule has 18 heavy (non-hydrogen) atoms. The molecule has 2 rings (SSSR count). The molecule has 1 N–H and O–H groups in total. The molecule has 2 aromatic rings. The first-order chi connectivity index (χ1) is 8.49. The van der Waals surface area contributed by atoms with Gasteiger partial charge in [0.1, 0.15) is 0 Å². The smallest absolute Gasteiger partial charge is 0.307 e. The number of halogens is 2. The van der Waals surface area contributed by atoms with Gasteiger partial charge in [0.25, 0.3) is 0 Å². The molecule has 0 aliphatic heterocycles. The number of hydrogen-bond acceptors (Lipinski definition) is 2. The van der Waals surface area contributed by atoms with E-state index in [0.29, 0.717) is 21.3 Å². The summed E-state index contributed by atoms with van der Waals surface area (Å²) in [5.41, 5.74) is 2.03. The Morgan fingerprint density at radius 2 is 2.17 bits per heavy atom. The zero-order chi connectivity index (χ0) is 13.3. The number of aliphatic carboxylic acids is 1.